The zero-order chi connectivity index (χ0) is 9.76. The van der Waals surface area contributed by atoms with Gasteiger partial charge in [-0.3, -0.25) is 0 Å². The van der Waals surface area contributed by atoms with Gasteiger partial charge in [0.05, 0.1) is 0 Å². The van der Waals surface area contributed by atoms with E-state index in [2.05, 4.69) is 22.9 Å². The van der Waals surface area contributed by atoms with Crippen molar-refractivity contribution in [2.75, 3.05) is 5.33 Å². The Morgan fingerprint density at radius 2 is 1.50 bits per heavy atom. The third kappa shape index (κ3) is 1.31. The molecule has 0 heterocycles. The fraction of sp³-hybridized carbons (Fsp3) is 1.00. The topological polar surface area (TPSA) is 0 Å². The summed E-state index contributed by atoms with van der Waals surface area (Å²) >= 11 is 3.71. The SMILES string of the molecule is CC(CBr)C12CC3CC(CC(C3)C1)C2. The van der Waals surface area contributed by atoms with Gasteiger partial charge in [0.25, 0.3) is 0 Å². The lowest BCUT2D eigenvalue weighted by molar-refractivity contribution is -0.0775. The zero-order valence-electron chi connectivity index (χ0n) is 9.14. The van der Waals surface area contributed by atoms with Crippen LogP contribution in [-0.4, -0.2) is 5.33 Å². The van der Waals surface area contributed by atoms with E-state index in [1.165, 1.54) is 5.33 Å². The minimum atomic E-state index is 0.762. The molecule has 1 atom stereocenters. The Labute approximate surface area is 96.0 Å². The molecule has 1 unspecified atom stereocenters. The molecule has 0 amide bonds. The summed E-state index contributed by atoms with van der Waals surface area (Å²) in [5, 5.41) is 1.22. The van der Waals surface area contributed by atoms with Crippen LogP contribution in [0.1, 0.15) is 45.4 Å². The van der Waals surface area contributed by atoms with E-state index in [-0.39, 0.29) is 0 Å². The third-order valence-electron chi connectivity index (χ3n) is 5.36. The first-order chi connectivity index (χ1) is 6.72. The van der Waals surface area contributed by atoms with Gasteiger partial charge in [0, 0.05) is 5.33 Å². The first-order valence-electron chi connectivity index (χ1n) is 6.28. The number of alkyl halides is 1. The van der Waals surface area contributed by atoms with Crippen LogP contribution in [0.4, 0.5) is 0 Å². The molecule has 1 heteroatoms. The Hall–Kier alpha value is 0.480. The normalized spacial score (nSPS) is 52.3. The van der Waals surface area contributed by atoms with E-state index in [0.717, 1.165) is 29.1 Å². The lowest BCUT2D eigenvalue weighted by Crippen LogP contribution is -2.49. The predicted octanol–water partition coefficient (Wildman–Crippen LogP) is 4.23. The second-order valence-corrected chi connectivity index (χ2v) is 6.98. The van der Waals surface area contributed by atoms with Crippen LogP contribution in [0.3, 0.4) is 0 Å². The van der Waals surface area contributed by atoms with Crippen LogP contribution in [-0.2, 0) is 0 Å². The Morgan fingerprint density at radius 3 is 1.86 bits per heavy atom. The van der Waals surface area contributed by atoms with Crippen LogP contribution >= 0.6 is 15.9 Å². The van der Waals surface area contributed by atoms with Gasteiger partial charge in [-0.05, 0) is 67.6 Å². The molecule has 0 aliphatic heterocycles. The number of halogens is 1. The largest absolute Gasteiger partial charge is 0.0925 e. The first-order valence-corrected chi connectivity index (χ1v) is 7.40. The standard InChI is InChI=1S/C13H21Br/c1-9(8-14)13-5-10-2-11(6-13)4-12(3-10)7-13/h9-12H,2-8H2,1H3. The molecule has 4 fully saturated rings. The molecular formula is C13H21Br. The van der Waals surface area contributed by atoms with Crippen molar-refractivity contribution in [1.29, 1.82) is 0 Å². The highest BCUT2D eigenvalue weighted by Crippen LogP contribution is 2.62. The molecule has 80 valence electrons. The molecule has 0 nitrogen and oxygen atoms in total. The maximum absolute atomic E-state index is 3.71. The molecule has 4 rings (SSSR count). The van der Waals surface area contributed by atoms with Gasteiger partial charge >= 0.3 is 0 Å². The van der Waals surface area contributed by atoms with Crippen molar-refractivity contribution in [2.24, 2.45) is 29.1 Å². The van der Waals surface area contributed by atoms with Crippen LogP contribution < -0.4 is 0 Å². The molecule has 0 spiro atoms. The molecule has 0 aromatic carbocycles. The molecule has 4 aliphatic carbocycles. The summed E-state index contributed by atoms with van der Waals surface area (Å²) in [6, 6.07) is 0. The van der Waals surface area contributed by atoms with Crippen LogP contribution in [0.25, 0.3) is 0 Å². The summed E-state index contributed by atoms with van der Waals surface area (Å²) in [7, 11) is 0. The summed E-state index contributed by atoms with van der Waals surface area (Å²) in [6.45, 7) is 2.47. The van der Waals surface area contributed by atoms with Crippen molar-refractivity contribution in [3.05, 3.63) is 0 Å². The molecule has 4 bridgehead atoms. The number of rotatable bonds is 2. The highest BCUT2D eigenvalue weighted by Gasteiger charge is 2.52. The average molecular weight is 257 g/mol. The summed E-state index contributed by atoms with van der Waals surface area (Å²) in [5.41, 5.74) is 0.762. The number of hydrogen-bond acceptors (Lipinski definition) is 0. The van der Waals surface area contributed by atoms with Gasteiger partial charge in [0.2, 0.25) is 0 Å². The molecule has 0 saturated heterocycles. The van der Waals surface area contributed by atoms with E-state index in [1.54, 1.807) is 38.5 Å². The fourth-order valence-electron chi connectivity index (χ4n) is 4.94. The molecule has 0 radical (unpaired) electrons. The van der Waals surface area contributed by atoms with Gasteiger partial charge in [-0.1, -0.05) is 22.9 Å². The quantitative estimate of drug-likeness (QED) is 0.649. The van der Waals surface area contributed by atoms with Gasteiger partial charge < -0.3 is 0 Å². The minimum Gasteiger partial charge on any atom is -0.0925 e. The zero-order valence-corrected chi connectivity index (χ0v) is 10.7. The van der Waals surface area contributed by atoms with E-state index in [0.29, 0.717) is 0 Å². The average Bonchev–Trinajstić information content (AvgIpc) is 2.14. The lowest BCUT2D eigenvalue weighted by Gasteiger charge is -2.59. The molecule has 0 aromatic heterocycles. The monoisotopic (exact) mass is 256 g/mol. The number of hydrogen-bond donors (Lipinski definition) is 0. The van der Waals surface area contributed by atoms with E-state index in [9.17, 15) is 0 Å². The van der Waals surface area contributed by atoms with Crippen LogP contribution in [0.5, 0.6) is 0 Å². The van der Waals surface area contributed by atoms with E-state index < -0.39 is 0 Å². The maximum Gasteiger partial charge on any atom is 0.00623 e. The third-order valence-corrected chi connectivity index (χ3v) is 6.33. The van der Waals surface area contributed by atoms with E-state index in [4.69, 9.17) is 0 Å². The van der Waals surface area contributed by atoms with Gasteiger partial charge in [0.1, 0.15) is 0 Å². The molecule has 14 heavy (non-hydrogen) atoms. The van der Waals surface area contributed by atoms with Crippen LogP contribution in [0.2, 0.25) is 0 Å². The smallest absolute Gasteiger partial charge is 0.00623 e. The lowest BCUT2D eigenvalue weighted by atomic mass is 9.47. The maximum atomic E-state index is 3.71. The predicted molar refractivity (Wildman–Crippen MR) is 63.6 cm³/mol. The minimum absolute atomic E-state index is 0.762. The summed E-state index contributed by atoms with van der Waals surface area (Å²) in [4.78, 5) is 0. The van der Waals surface area contributed by atoms with Crippen molar-refractivity contribution >= 4 is 15.9 Å². The van der Waals surface area contributed by atoms with E-state index in [1.807, 2.05) is 0 Å². The van der Waals surface area contributed by atoms with Crippen molar-refractivity contribution in [1.82, 2.24) is 0 Å². The van der Waals surface area contributed by atoms with E-state index >= 15 is 0 Å². The summed E-state index contributed by atoms with van der Waals surface area (Å²) in [6.07, 6.45) is 9.42. The highest BCUT2D eigenvalue weighted by molar-refractivity contribution is 9.09. The first kappa shape index (κ1) is 9.69. The molecule has 4 aliphatic rings. The van der Waals surface area contributed by atoms with Gasteiger partial charge in [-0.2, -0.15) is 0 Å². The Bertz CT molecular complexity index is 198. The van der Waals surface area contributed by atoms with Crippen molar-refractivity contribution in [3.8, 4) is 0 Å². The fourth-order valence-corrected chi connectivity index (χ4v) is 5.63. The van der Waals surface area contributed by atoms with Crippen molar-refractivity contribution in [3.63, 3.8) is 0 Å². The van der Waals surface area contributed by atoms with Crippen molar-refractivity contribution in [2.45, 2.75) is 45.4 Å². The Kier molecular flexibility index (Phi) is 2.24. The Balaban J connectivity index is 1.87. The van der Waals surface area contributed by atoms with Gasteiger partial charge in [-0.15, -0.1) is 0 Å². The summed E-state index contributed by atoms with van der Waals surface area (Å²) < 4.78 is 0. The molecular weight excluding hydrogens is 236 g/mol. The van der Waals surface area contributed by atoms with Gasteiger partial charge in [-0.25, -0.2) is 0 Å². The van der Waals surface area contributed by atoms with Crippen molar-refractivity contribution < 1.29 is 0 Å². The van der Waals surface area contributed by atoms with Gasteiger partial charge in [0.15, 0.2) is 0 Å². The Morgan fingerprint density at radius 1 is 1.07 bits per heavy atom. The molecule has 0 N–H and O–H groups in total. The second-order valence-electron chi connectivity index (χ2n) is 6.34. The summed E-state index contributed by atoms with van der Waals surface area (Å²) in [5.74, 6) is 4.25. The second kappa shape index (κ2) is 3.23. The van der Waals surface area contributed by atoms with Crippen LogP contribution in [0.15, 0.2) is 0 Å². The molecule has 0 aromatic rings. The highest BCUT2D eigenvalue weighted by atomic mass is 79.9. The molecule has 4 saturated carbocycles. The van der Waals surface area contributed by atoms with Crippen LogP contribution in [0, 0.1) is 29.1 Å².